The molecular weight excluding hydrogens is 168 g/mol. The van der Waals surface area contributed by atoms with E-state index in [0.717, 1.165) is 13.0 Å². The van der Waals surface area contributed by atoms with Crippen LogP contribution < -0.4 is 0 Å². The average Bonchev–Trinajstić information content (AvgIpc) is 2.48. The maximum Gasteiger partial charge on any atom is 0.326 e. The maximum absolute atomic E-state index is 11.5. The first-order valence-corrected chi connectivity index (χ1v) is 4.80. The molecule has 3 amide bonds. The van der Waals surface area contributed by atoms with Crippen molar-refractivity contribution >= 4 is 11.9 Å². The lowest BCUT2D eigenvalue weighted by Gasteiger charge is -2.15. The van der Waals surface area contributed by atoms with E-state index in [4.69, 9.17) is 0 Å². The van der Waals surface area contributed by atoms with E-state index in [-0.39, 0.29) is 11.9 Å². The molecule has 0 aromatic rings. The van der Waals surface area contributed by atoms with Crippen LogP contribution in [0.2, 0.25) is 0 Å². The Labute approximate surface area is 78.5 Å². The number of hydrogen-bond donors (Lipinski definition) is 0. The van der Waals surface area contributed by atoms with Crippen molar-refractivity contribution in [1.29, 1.82) is 0 Å². The molecule has 13 heavy (non-hydrogen) atoms. The molecule has 0 unspecified atom stereocenters. The summed E-state index contributed by atoms with van der Waals surface area (Å²) in [4.78, 5) is 25.9. The van der Waals surface area contributed by atoms with Gasteiger partial charge < -0.3 is 4.90 Å². The molecule has 0 saturated carbocycles. The predicted molar refractivity (Wildman–Crippen MR) is 49.3 cm³/mol. The topological polar surface area (TPSA) is 40.6 Å². The minimum Gasteiger partial charge on any atom is -0.323 e. The molecule has 0 atom stereocenters. The summed E-state index contributed by atoms with van der Waals surface area (Å²) < 4.78 is 0. The van der Waals surface area contributed by atoms with Crippen LogP contribution >= 0.6 is 0 Å². The summed E-state index contributed by atoms with van der Waals surface area (Å²) in [6, 6.07) is -0.117. The monoisotopic (exact) mass is 184 g/mol. The molecule has 1 rings (SSSR count). The van der Waals surface area contributed by atoms with Gasteiger partial charge in [0.05, 0.1) is 0 Å². The summed E-state index contributed by atoms with van der Waals surface area (Å²) >= 11 is 0. The van der Waals surface area contributed by atoms with Crippen molar-refractivity contribution in [3.8, 4) is 0 Å². The Hall–Kier alpha value is -1.06. The van der Waals surface area contributed by atoms with Crippen molar-refractivity contribution in [2.24, 2.45) is 0 Å². The highest BCUT2D eigenvalue weighted by Crippen LogP contribution is 2.10. The number of nitrogens with zero attached hydrogens (tertiary/aromatic N) is 2. The van der Waals surface area contributed by atoms with Crippen LogP contribution in [0.1, 0.15) is 26.7 Å². The van der Waals surface area contributed by atoms with Crippen LogP contribution in [0, 0.1) is 0 Å². The summed E-state index contributed by atoms with van der Waals surface area (Å²) in [7, 11) is 0. The van der Waals surface area contributed by atoms with E-state index in [1.54, 1.807) is 11.8 Å². The number of carbonyl (C=O) groups excluding carboxylic acids is 2. The zero-order valence-corrected chi connectivity index (χ0v) is 8.25. The van der Waals surface area contributed by atoms with Crippen molar-refractivity contribution in [3.63, 3.8) is 0 Å². The SMILES string of the molecule is CCCN1CCN(C(=O)CC)C1=O. The molecule has 1 fully saturated rings. The lowest BCUT2D eigenvalue weighted by Crippen LogP contribution is -2.36. The van der Waals surface area contributed by atoms with Gasteiger partial charge in [0.2, 0.25) is 5.91 Å². The van der Waals surface area contributed by atoms with Crippen LogP contribution in [0.15, 0.2) is 0 Å². The lowest BCUT2D eigenvalue weighted by molar-refractivity contribution is -0.127. The third kappa shape index (κ3) is 1.99. The van der Waals surface area contributed by atoms with E-state index < -0.39 is 0 Å². The van der Waals surface area contributed by atoms with E-state index in [2.05, 4.69) is 0 Å². The van der Waals surface area contributed by atoms with Crippen LogP contribution in [-0.4, -0.2) is 41.4 Å². The van der Waals surface area contributed by atoms with Gasteiger partial charge in [-0.05, 0) is 6.42 Å². The quantitative estimate of drug-likeness (QED) is 0.658. The Morgan fingerprint density at radius 3 is 2.62 bits per heavy atom. The number of imide groups is 1. The largest absolute Gasteiger partial charge is 0.326 e. The Morgan fingerprint density at radius 1 is 1.38 bits per heavy atom. The second-order valence-electron chi connectivity index (χ2n) is 3.17. The van der Waals surface area contributed by atoms with E-state index >= 15 is 0 Å². The van der Waals surface area contributed by atoms with Crippen molar-refractivity contribution in [1.82, 2.24) is 9.80 Å². The molecular formula is C9H16N2O2. The van der Waals surface area contributed by atoms with Gasteiger partial charge in [-0.3, -0.25) is 9.69 Å². The summed E-state index contributed by atoms with van der Waals surface area (Å²) in [5, 5.41) is 0. The van der Waals surface area contributed by atoms with E-state index in [0.29, 0.717) is 19.5 Å². The van der Waals surface area contributed by atoms with Gasteiger partial charge in [0, 0.05) is 26.1 Å². The third-order valence-corrected chi connectivity index (χ3v) is 2.19. The minimum atomic E-state index is -0.117. The van der Waals surface area contributed by atoms with Gasteiger partial charge in [0.1, 0.15) is 0 Å². The standard InChI is InChI=1S/C9H16N2O2/c1-3-5-10-6-7-11(9(10)13)8(12)4-2/h3-7H2,1-2H3. The molecule has 1 heterocycles. The molecule has 0 aliphatic carbocycles. The van der Waals surface area contributed by atoms with Crippen LogP contribution in [-0.2, 0) is 4.79 Å². The second kappa shape index (κ2) is 4.25. The summed E-state index contributed by atoms with van der Waals surface area (Å²) in [6.07, 6.45) is 1.35. The van der Waals surface area contributed by atoms with Gasteiger partial charge in [0.15, 0.2) is 0 Å². The van der Waals surface area contributed by atoms with E-state index in [1.165, 1.54) is 4.90 Å². The molecule has 0 bridgehead atoms. The van der Waals surface area contributed by atoms with Crippen LogP contribution in [0.4, 0.5) is 4.79 Å². The van der Waals surface area contributed by atoms with Crippen molar-refractivity contribution in [2.45, 2.75) is 26.7 Å². The molecule has 0 radical (unpaired) electrons. The van der Waals surface area contributed by atoms with Gasteiger partial charge in [-0.1, -0.05) is 13.8 Å². The Balaban J connectivity index is 2.54. The first kappa shape index (κ1) is 10.0. The predicted octanol–water partition coefficient (Wildman–Crippen LogP) is 1.07. The zero-order valence-electron chi connectivity index (χ0n) is 8.25. The maximum atomic E-state index is 11.5. The van der Waals surface area contributed by atoms with E-state index in [9.17, 15) is 9.59 Å². The van der Waals surface area contributed by atoms with Crippen LogP contribution in [0.5, 0.6) is 0 Å². The highest BCUT2D eigenvalue weighted by atomic mass is 16.2. The molecule has 4 nitrogen and oxygen atoms in total. The third-order valence-electron chi connectivity index (χ3n) is 2.19. The Kier molecular flexibility index (Phi) is 3.28. The van der Waals surface area contributed by atoms with Gasteiger partial charge in [-0.2, -0.15) is 0 Å². The average molecular weight is 184 g/mol. The number of hydrogen-bond acceptors (Lipinski definition) is 2. The van der Waals surface area contributed by atoms with Crippen molar-refractivity contribution < 1.29 is 9.59 Å². The number of carbonyl (C=O) groups is 2. The van der Waals surface area contributed by atoms with Crippen LogP contribution in [0.25, 0.3) is 0 Å². The first-order chi connectivity index (χ1) is 6.20. The van der Waals surface area contributed by atoms with Gasteiger partial charge in [-0.15, -0.1) is 0 Å². The molecule has 74 valence electrons. The molecule has 1 aliphatic rings. The fourth-order valence-corrected chi connectivity index (χ4v) is 1.48. The molecule has 0 aromatic carbocycles. The van der Waals surface area contributed by atoms with Gasteiger partial charge in [0.25, 0.3) is 0 Å². The van der Waals surface area contributed by atoms with Crippen molar-refractivity contribution in [3.05, 3.63) is 0 Å². The number of amides is 3. The molecule has 1 saturated heterocycles. The minimum absolute atomic E-state index is 0.0661. The van der Waals surface area contributed by atoms with Gasteiger partial charge >= 0.3 is 6.03 Å². The fraction of sp³-hybridized carbons (Fsp3) is 0.778. The molecule has 0 N–H and O–H groups in total. The van der Waals surface area contributed by atoms with Gasteiger partial charge in [-0.25, -0.2) is 4.79 Å². The summed E-state index contributed by atoms with van der Waals surface area (Å²) in [5.74, 6) is -0.0661. The normalized spacial score (nSPS) is 16.9. The van der Waals surface area contributed by atoms with E-state index in [1.807, 2.05) is 6.92 Å². The van der Waals surface area contributed by atoms with Crippen LogP contribution in [0.3, 0.4) is 0 Å². The molecule has 0 spiro atoms. The Bertz CT molecular complexity index is 216. The molecule has 1 aliphatic heterocycles. The lowest BCUT2D eigenvalue weighted by atomic mass is 10.4. The highest BCUT2D eigenvalue weighted by molar-refractivity contribution is 5.95. The first-order valence-electron chi connectivity index (χ1n) is 4.80. The number of rotatable bonds is 3. The zero-order chi connectivity index (χ0) is 9.84. The van der Waals surface area contributed by atoms with Crippen molar-refractivity contribution in [2.75, 3.05) is 19.6 Å². The summed E-state index contributed by atoms with van der Waals surface area (Å²) in [6.45, 7) is 5.81. The fourth-order valence-electron chi connectivity index (χ4n) is 1.48. The Morgan fingerprint density at radius 2 is 2.08 bits per heavy atom. The molecule has 0 aromatic heterocycles. The molecule has 4 heteroatoms. The summed E-state index contributed by atoms with van der Waals surface area (Å²) in [5.41, 5.74) is 0. The highest BCUT2D eigenvalue weighted by Gasteiger charge is 2.31. The number of urea groups is 1. The second-order valence-corrected chi connectivity index (χ2v) is 3.17. The smallest absolute Gasteiger partial charge is 0.323 e.